The fraction of sp³-hybridized carbons (Fsp3) is 0.385. The van der Waals surface area contributed by atoms with E-state index in [9.17, 15) is 14.7 Å². The average molecular weight is 263 g/mol. The summed E-state index contributed by atoms with van der Waals surface area (Å²) in [5.74, 6) is -1.57. The van der Waals surface area contributed by atoms with Crippen LogP contribution in [0.4, 0.5) is 10.5 Å². The summed E-state index contributed by atoms with van der Waals surface area (Å²) in [7, 11) is 0. The van der Waals surface area contributed by atoms with Gasteiger partial charge in [0.15, 0.2) is 0 Å². The number of amides is 2. The standard InChI is InChI=1S/C13H17N3O3/c14-6-3-7-15-13(19)16-8-10(12(17)18)9-4-1-2-5-11(9)16/h1-2,4-5,10H,3,6-8,14H2,(H,15,19)(H,17,18). The summed E-state index contributed by atoms with van der Waals surface area (Å²) in [6, 6.07) is 6.82. The van der Waals surface area contributed by atoms with Crippen molar-refractivity contribution in [2.24, 2.45) is 5.73 Å². The van der Waals surface area contributed by atoms with Gasteiger partial charge in [-0.25, -0.2) is 4.79 Å². The van der Waals surface area contributed by atoms with Crippen LogP contribution >= 0.6 is 0 Å². The van der Waals surface area contributed by atoms with E-state index in [1.807, 2.05) is 0 Å². The highest BCUT2D eigenvalue weighted by molar-refractivity contribution is 5.97. The zero-order valence-corrected chi connectivity index (χ0v) is 10.5. The fourth-order valence-corrected chi connectivity index (χ4v) is 2.20. The quantitative estimate of drug-likeness (QED) is 0.698. The van der Waals surface area contributed by atoms with Gasteiger partial charge in [0, 0.05) is 18.8 Å². The second-order valence-corrected chi connectivity index (χ2v) is 4.43. The van der Waals surface area contributed by atoms with Crippen molar-refractivity contribution in [2.75, 3.05) is 24.5 Å². The van der Waals surface area contributed by atoms with Crippen molar-refractivity contribution >= 4 is 17.7 Å². The van der Waals surface area contributed by atoms with Gasteiger partial charge in [0.05, 0.1) is 0 Å². The first-order valence-electron chi connectivity index (χ1n) is 6.22. The molecule has 1 aromatic carbocycles. The monoisotopic (exact) mass is 263 g/mol. The fourth-order valence-electron chi connectivity index (χ4n) is 2.20. The third-order valence-electron chi connectivity index (χ3n) is 3.17. The molecule has 102 valence electrons. The Morgan fingerprint density at radius 1 is 1.42 bits per heavy atom. The average Bonchev–Trinajstić information content (AvgIpc) is 2.78. The molecule has 19 heavy (non-hydrogen) atoms. The number of carbonyl (C=O) groups excluding carboxylic acids is 1. The topological polar surface area (TPSA) is 95.7 Å². The van der Waals surface area contributed by atoms with E-state index >= 15 is 0 Å². The summed E-state index contributed by atoms with van der Waals surface area (Å²) < 4.78 is 0. The van der Waals surface area contributed by atoms with Crippen LogP contribution in [0.1, 0.15) is 17.9 Å². The SMILES string of the molecule is NCCCNC(=O)N1CC(C(=O)O)c2ccccc21. The maximum Gasteiger partial charge on any atom is 0.321 e. The number of aliphatic carboxylic acids is 1. The minimum absolute atomic E-state index is 0.170. The molecule has 1 atom stereocenters. The van der Waals surface area contributed by atoms with Crippen LogP contribution in [0.15, 0.2) is 24.3 Å². The van der Waals surface area contributed by atoms with E-state index in [4.69, 9.17) is 5.73 Å². The number of hydrogen-bond donors (Lipinski definition) is 3. The number of para-hydroxylation sites is 1. The number of nitrogens with two attached hydrogens (primary N) is 1. The summed E-state index contributed by atoms with van der Waals surface area (Å²) in [4.78, 5) is 24.7. The molecule has 0 aromatic heterocycles. The Morgan fingerprint density at radius 3 is 2.84 bits per heavy atom. The van der Waals surface area contributed by atoms with Gasteiger partial charge in [-0.1, -0.05) is 18.2 Å². The van der Waals surface area contributed by atoms with Gasteiger partial charge in [-0.05, 0) is 24.6 Å². The molecule has 1 aliphatic heterocycles. The second kappa shape index (κ2) is 5.71. The van der Waals surface area contributed by atoms with Gasteiger partial charge in [0.2, 0.25) is 0 Å². The molecule has 2 rings (SSSR count). The summed E-state index contributed by atoms with van der Waals surface area (Å²) in [6.45, 7) is 1.17. The predicted octanol–water partition coefficient (Wildman–Crippen LogP) is 0.733. The van der Waals surface area contributed by atoms with Gasteiger partial charge in [-0.15, -0.1) is 0 Å². The van der Waals surface area contributed by atoms with E-state index in [-0.39, 0.29) is 12.6 Å². The minimum Gasteiger partial charge on any atom is -0.481 e. The van der Waals surface area contributed by atoms with Gasteiger partial charge < -0.3 is 16.2 Å². The van der Waals surface area contributed by atoms with E-state index in [1.54, 1.807) is 24.3 Å². The van der Waals surface area contributed by atoms with Crippen molar-refractivity contribution in [3.8, 4) is 0 Å². The first-order valence-corrected chi connectivity index (χ1v) is 6.22. The molecule has 6 heteroatoms. The van der Waals surface area contributed by atoms with Crippen molar-refractivity contribution in [2.45, 2.75) is 12.3 Å². The number of carboxylic acid groups (broad SMARTS) is 1. The van der Waals surface area contributed by atoms with E-state index in [1.165, 1.54) is 4.90 Å². The largest absolute Gasteiger partial charge is 0.481 e. The molecule has 0 radical (unpaired) electrons. The number of carbonyl (C=O) groups is 2. The Bertz CT molecular complexity index is 490. The normalized spacial score (nSPS) is 17.1. The lowest BCUT2D eigenvalue weighted by Crippen LogP contribution is -2.40. The number of urea groups is 1. The Hall–Kier alpha value is -2.08. The van der Waals surface area contributed by atoms with Crippen molar-refractivity contribution in [1.82, 2.24) is 5.32 Å². The Morgan fingerprint density at radius 2 is 2.16 bits per heavy atom. The molecule has 0 saturated heterocycles. The number of hydrogen-bond acceptors (Lipinski definition) is 3. The van der Waals surface area contributed by atoms with Crippen LogP contribution in [0.2, 0.25) is 0 Å². The molecule has 2 amide bonds. The van der Waals surface area contributed by atoms with E-state index in [0.717, 1.165) is 0 Å². The van der Waals surface area contributed by atoms with Crippen LogP contribution < -0.4 is 16.0 Å². The molecule has 6 nitrogen and oxygen atoms in total. The van der Waals surface area contributed by atoms with E-state index in [0.29, 0.717) is 30.8 Å². The maximum atomic E-state index is 12.0. The second-order valence-electron chi connectivity index (χ2n) is 4.43. The highest BCUT2D eigenvalue weighted by atomic mass is 16.4. The molecule has 0 aliphatic carbocycles. The molecule has 0 bridgehead atoms. The van der Waals surface area contributed by atoms with Crippen LogP contribution in [-0.2, 0) is 4.79 Å². The Balaban J connectivity index is 2.15. The van der Waals surface area contributed by atoms with Crippen LogP contribution in [0.3, 0.4) is 0 Å². The lowest BCUT2D eigenvalue weighted by molar-refractivity contribution is -0.138. The molecule has 0 saturated carbocycles. The van der Waals surface area contributed by atoms with Gasteiger partial charge in [-0.3, -0.25) is 9.69 Å². The number of nitrogens with one attached hydrogen (secondary N) is 1. The molecule has 1 aromatic rings. The van der Waals surface area contributed by atoms with E-state index in [2.05, 4.69) is 5.32 Å². The zero-order chi connectivity index (χ0) is 13.8. The molecule has 1 aliphatic rings. The number of carboxylic acids is 1. The molecule has 0 spiro atoms. The number of anilines is 1. The summed E-state index contributed by atoms with van der Waals surface area (Å²) >= 11 is 0. The number of benzene rings is 1. The lowest BCUT2D eigenvalue weighted by atomic mass is 10.0. The van der Waals surface area contributed by atoms with Crippen LogP contribution in [0.25, 0.3) is 0 Å². The number of rotatable bonds is 4. The molecule has 1 unspecified atom stereocenters. The maximum absolute atomic E-state index is 12.0. The van der Waals surface area contributed by atoms with Gasteiger partial charge in [0.25, 0.3) is 0 Å². The first kappa shape index (κ1) is 13.4. The van der Waals surface area contributed by atoms with Crippen LogP contribution in [-0.4, -0.2) is 36.7 Å². The van der Waals surface area contributed by atoms with Crippen molar-refractivity contribution < 1.29 is 14.7 Å². The number of nitrogens with zero attached hydrogens (tertiary/aromatic N) is 1. The molecular weight excluding hydrogens is 246 g/mol. The Labute approximate surface area is 111 Å². The number of fused-ring (bicyclic) bond motifs is 1. The van der Waals surface area contributed by atoms with Crippen molar-refractivity contribution in [1.29, 1.82) is 0 Å². The zero-order valence-electron chi connectivity index (χ0n) is 10.5. The first-order chi connectivity index (χ1) is 9.15. The van der Waals surface area contributed by atoms with Crippen LogP contribution in [0, 0.1) is 0 Å². The van der Waals surface area contributed by atoms with Gasteiger partial charge in [0.1, 0.15) is 5.92 Å². The Kier molecular flexibility index (Phi) is 4.01. The molecule has 1 heterocycles. The third-order valence-corrected chi connectivity index (χ3v) is 3.17. The van der Waals surface area contributed by atoms with Crippen molar-refractivity contribution in [3.05, 3.63) is 29.8 Å². The third kappa shape index (κ3) is 2.68. The van der Waals surface area contributed by atoms with E-state index < -0.39 is 11.9 Å². The molecule has 0 fully saturated rings. The molecular formula is C13H17N3O3. The van der Waals surface area contributed by atoms with Crippen LogP contribution in [0.5, 0.6) is 0 Å². The van der Waals surface area contributed by atoms with Crippen molar-refractivity contribution in [3.63, 3.8) is 0 Å². The predicted molar refractivity (Wildman–Crippen MR) is 71.2 cm³/mol. The highest BCUT2D eigenvalue weighted by Gasteiger charge is 2.36. The lowest BCUT2D eigenvalue weighted by Gasteiger charge is -2.18. The van der Waals surface area contributed by atoms with Gasteiger partial charge in [-0.2, -0.15) is 0 Å². The highest BCUT2D eigenvalue weighted by Crippen LogP contribution is 2.36. The minimum atomic E-state index is -0.912. The van der Waals surface area contributed by atoms with Gasteiger partial charge >= 0.3 is 12.0 Å². The summed E-state index contributed by atoms with van der Waals surface area (Å²) in [5, 5.41) is 11.9. The molecule has 4 N–H and O–H groups in total. The summed E-state index contributed by atoms with van der Waals surface area (Å²) in [5.41, 5.74) is 6.71. The smallest absolute Gasteiger partial charge is 0.321 e. The summed E-state index contributed by atoms with van der Waals surface area (Å²) in [6.07, 6.45) is 0.698.